The van der Waals surface area contributed by atoms with E-state index in [-0.39, 0.29) is 17.9 Å². The number of hydrogen-bond donors (Lipinski definition) is 1. The van der Waals surface area contributed by atoms with E-state index < -0.39 is 5.79 Å². The third-order valence-electron chi connectivity index (χ3n) is 3.10. The van der Waals surface area contributed by atoms with Crippen LogP contribution >= 0.6 is 0 Å². The minimum Gasteiger partial charge on any atom is -0.396 e. The van der Waals surface area contributed by atoms with Crippen LogP contribution in [0.4, 0.5) is 0 Å². The molecule has 3 nitrogen and oxygen atoms in total. The summed E-state index contributed by atoms with van der Waals surface area (Å²) in [6.07, 6.45) is 1.84. The van der Waals surface area contributed by atoms with Crippen molar-refractivity contribution in [2.45, 2.75) is 26.6 Å². The summed E-state index contributed by atoms with van der Waals surface area (Å²) in [6, 6.07) is 0. The fourth-order valence-electron chi connectivity index (χ4n) is 1.95. The van der Waals surface area contributed by atoms with Crippen LogP contribution in [0, 0.1) is 11.3 Å². The summed E-state index contributed by atoms with van der Waals surface area (Å²) in [4.78, 5) is 0. The molecule has 1 aliphatic rings. The molecule has 82 valence electrons. The maximum absolute atomic E-state index is 9.41. The Morgan fingerprint density at radius 1 is 1.50 bits per heavy atom. The van der Waals surface area contributed by atoms with Gasteiger partial charge in [-0.25, -0.2) is 0 Å². The maximum atomic E-state index is 9.41. The number of aliphatic hydroxyl groups excluding tert-OH is 1. The Morgan fingerprint density at radius 3 is 2.36 bits per heavy atom. The number of aliphatic hydroxyl groups is 1. The van der Waals surface area contributed by atoms with Gasteiger partial charge in [-0.15, -0.1) is 6.58 Å². The second kappa shape index (κ2) is 4.01. The topological polar surface area (TPSA) is 38.7 Å². The van der Waals surface area contributed by atoms with E-state index in [2.05, 4.69) is 6.58 Å². The van der Waals surface area contributed by atoms with Gasteiger partial charge in [-0.1, -0.05) is 19.9 Å². The molecule has 0 bridgehead atoms. The first kappa shape index (κ1) is 11.7. The van der Waals surface area contributed by atoms with Gasteiger partial charge in [-0.2, -0.15) is 0 Å². The number of hydrogen-bond acceptors (Lipinski definition) is 3. The van der Waals surface area contributed by atoms with Crippen molar-refractivity contribution in [1.82, 2.24) is 0 Å². The Morgan fingerprint density at radius 2 is 2.00 bits per heavy atom. The van der Waals surface area contributed by atoms with Crippen molar-refractivity contribution in [2.75, 3.05) is 19.8 Å². The molecule has 1 atom stereocenters. The van der Waals surface area contributed by atoms with Crippen LogP contribution in [-0.2, 0) is 9.47 Å². The zero-order chi connectivity index (χ0) is 10.8. The van der Waals surface area contributed by atoms with E-state index in [4.69, 9.17) is 9.47 Å². The molecule has 1 heterocycles. The van der Waals surface area contributed by atoms with Gasteiger partial charge in [-0.3, -0.25) is 0 Å². The van der Waals surface area contributed by atoms with Gasteiger partial charge < -0.3 is 14.6 Å². The molecule has 0 radical (unpaired) electrons. The molecule has 1 N–H and O–H groups in total. The predicted octanol–water partition coefficient (Wildman–Crippen LogP) is 1.57. The molecule has 0 saturated carbocycles. The van der Waals surface area contributed by atoms with Crippen molar-refractivity contribution in [2.24, 2.45) is 11.3 Å². The monoisotopic (exact) mass is 200 g/mol. The van der Waals surface area contributed by atoms with Crippen molar-refractivity contribution < 1.29 is 14.6 Å². The van der Waals surface area contributed by atoms with Crippen LogP contribution < -0.4 is 0 Å². The Balaban J connectivity index is 2.84. The molecular formula is C11H20O3. The maximum Gasteiger partial charge on any atom is 0.171 e. The lowest BCUT2D eigenvalue weighted by Crippen LogP contribution is -2.45. The van der Waals surface area contributed by atoms with Crippen LogP contribution in [0.1, 0.15) is 20.8 Å². The minimum absolute atomic E-state index is 0.0372. The lowest BCUT2D eigenvalue weighted by atomic mass is 9.75. The molecule has 0 spiro atoms. The molecule has 0 aromatic rings. The lowest BCUT2D eigenvalue weighted by molar-refractivity contribution is -0.209. The third kappa shape index (κ3) is 2.00. The van der Waals surface area contributed by atoms with Crippen LogP contribution in [0.15, 0.2) is 12.7 Å². The summed E-state index contributed by atoms with van der Waals surface area (Å²) in [6.45, 7) is 10.9. The first-order valence-electron chi connectivity index (χ1n) is 4.98. The Hall–Kier alpha value is -0.380. The largest absolute Gasteiger partial charge is 0.396 e. The molecular weight excluding hydrogens is 180 g/mol. The normalized spacial score (nSPS) is 23.4. The summed E-state index contributed by atoms with van der Waals surface area (Å²) in [5.74, 6) is -0.762. The fraction of sp³-hybridized carbons (Fsp3) is 0.818. The van der Waals surface area contributed by atoms with E-state index in [1.54, 1.807) is 0 Å². The van der Waals surface area contributed by atoms with Crippen molar-refractivity contribution in [3.05, 3.63) is 12.7 Å². The highest BCUT2D eigenvalue weighted by Crippen LogP contribution is 2.40. The number of rotatable bonds is 4. The van der Waals surface area contributed by atoms with Gasteiger partial charge in [0.2, 0.25) is 0 Å². The Bertz CT molecular complexity index is 205. The van der Waals surface area contributed by atoms with Gasteiger partial charge in [0.1, 0.15) is 0 Å². The first-order chi connectivity index (χ1) is 6.46. The molecule has 1 unspecified atom stereocenters. The summed E-state index contributed by atoms with van der Waals surface area (Å²) in [7, 11) is 0. The molecule has 0 aromatic heterocycles. The second-order valence-corrected chi connectivity index (χ2v) is 4.47. The van der Waals surface area contributed by atoms with Crippen LogP contribution in [0.25, 0.3) is 0 Å². The van der Waals surface area contributed by atoms with E-state index >= 15 is 0 Å². The van der Waals surface area contributed by atoms with Gasteiger partial charge in [0.05, 0.1) is 19.8 Å². The highest BCUT2D eigenvalue weighted by Gasteiger charge is 2.46. The second-order valence-electron chi connectivity index (χ2n) is 4.47. The molecule has 0 aliphatic carbocycles. The van der Waals surface area contributed by atoms with E-state index in [9.17, 15) is 5.11 Å². The van der Waals surface area contributed by atoms with Crippen molar-refractivity contribution >= 4 is 0 Å². The van der Waals surface area contributed by atoms with E-state index in [0.717, 1.165) is 0 Å². The molecule has 0 amide bonds. The molecule has 14 heavy (non-hydrogen) atoms. The molecule has 1 aliphatic heterocycles. The van der Waals surface area contributed by atoms with Gasteiger partial charge in [0.15, 0.2) is 5.79 Å². The predicted molar refractivity (Wildman–Crippen MR) is 54.9 cm³/mol. The van der Waals surface area contributed by atoms with Crippen molar-refractivity contribution in [3.8, 4) is 0 Å². The zero-order valence-electron chi connectivity index (χ0n) is 9.25. The van der Waals surface area contributed by atoms with Crippen molar-refractivity contribution in [3.63, 3.8) is 0 Å². The van der Waals surface area contributed by atoms with Gasteiger partial charge >= 0.3 is 0 Å². The smallest absolute Gasteiger partial charge is 0.171 e. The number of ether oxygens (including phenoxy) is 2. The van der Waals surface area contributed by atoms with E-state index in [0.29, 0.717) is 13.2 Å². The third-order valence-corrected chi connectivity index (χ3v) is 3.10. The molecule has 0 aromatic carbocycles. The van der Waals surface area contributed by atoms with Gasteiger partial charge in [0, 0.05) is 5.92 Å². The Labute approximate surface area is 85.7 Å². The summed E-state index contributed by atoms with van der Waals surface area (Å²) in [5.41, 5.74) is -0.201. The van der Waals surface area contributed by atoms with E-state index in [1.165, 1.54) is 0 Å². The van der Waals surface area contributed by atoms with Crippen LogP contribution in [-0.4, -0.2) is 30.7 Å². The first-order valence-corrected chi connectivity index (χ1v) is 4.98. The Kier molecular flexibility index (Phi) is 3.35. The summed E-state index contributed by atoms with van der Waals surface area (Å²) < 4.78 is 11.1. The molecule has 3 heteroatoms. The summed E-state index contributed by atoms with van der Waals surface area (Å²) in [5, 5.41) is 9.41. The SMILES string of the molecule is C=CC(C)(C)C(CO)C1(C)OCCO1. The van der Waals surface area contributed by atoms with Crippen LogP contribution in [0.2, 0.25) is 0 Å². The van der Waals surface area contributed by atoms with Gasteiger partial charge in [0.25, 0.3) is 0 Å². The van der Waals surface area contributed by atoms with Gasteiger partial charge in [-0.05, 0) is 12.3 Å². The lowest BCUT2D eigenvalue weighted by Gasteiger charge is -2.40. The average Bonchev–Trinajstić information content (AvgIpc) is 2.53. The van der Waals surface area contributed by atoms with Crippen molar-refractivity contribution in [1.29, 1.82) is 0 Å². The number of allylic oxidation sites excluding steroid dienone is 1. The highest BCUT2D eigenvalue weighted by atomic mass is 16.7. The fourth-order valence-corrected chi connectivity index (χ4v) is 1.95. The molecule has 1 saturated heterocycles. The zero-order valence-corrected chi connectivity index (χ0v) is 9.25. The van der Waals surface area contributed by atoms with E-state index in [1.807, 2.05) is 26.8 Å². The molecule has 1 rings (SSSR count). The minimum atomic E-state index is -0.674. The quantitative estimate of drug-likeness (QED) is 0.700. The molecule has 1 fully saturated rings. The van der Waals surface area contributed by atoms with Crippen LogP contribution in [0.5, 0.6) is 0 Å². The average molecular weight is 200 g/mol. The highest BCUT2D eigenvalue weighted by molar-refractivity contribution is 4.98. The standard InChI is InChI=1S/C11H20O3/c1-5-10(2,3)9(8-12)11(4)13-6-7-14-11/h5,9,12H,1,6-8H2,2-4H3. The van der Waals surface area contributed by atoms with Crippen LogP contribution in [0.3, 0.4) is 0 Å². The summed E-state index contributed by atoms with van der Waals surface area (Å²) >= 11 is 0.